The molecule has 2 saturated carbocycles. The van der Waals surface area contributed by atoms with Crippen LogP contribution in [0.15, 0.2) is 0 Å². The van der Waals surface area contributed by atoms with Gasteiger partial charge in [-0.3, -0.25) is 31.1 Å². The van der Waals surface area contributed by atoms with E-state index in [1.165, 1.54) is 64.2 Å². The molecule has 0 spiro atoms. The van der Waals surface area contributed by atoms with Crippen LogP contribution in [0.3, 0.4) is 0 Å². The van der Waals surface area contributed by atoms with Gasteiger partial charge in [0.25, 0.3) is 0 Å². The Labute approximate surface area is 171 Å². The fraction of sp³-hybridized carbons (Fsp3) is 1.00. The molecule has 7 heteroatoms. The lowest BCUT2D eigenvalue weighted by Gasteiger charge is -2.52. The lowest BCUT2D eigenvalue weighted by Crippen LogP contribution is -2.79. The van der Waals surface area contributed by atoms with E-state index in [-0.39, 0.29) is 18.9 Å². The van der Waals surface area contributed by atoms with Crippen LogP contribution in [-0.2, 0) is 4.74 Å². The van der Waals surface area contributed by atoms with Gasteiger partial charge in [0.1, 0.15) is 18.9 Å². The van der Waals surface area contributed by atoms with Crippen molar-refractivity contribution in [1.82, 2.24) is 31.1 Å². The average Bonchev–Trinajstić information content (AvgIpc) is 2.76. The van der Waals surface area contributed by atoms with Crippen molar-refractivity contribution in [3.8, 4) is 0 Å². The van der Waals surface area contributed by atoms with E-state index in [0.29, 0.717) is 12.1 Å². The second-order valence-electron chi connectivity index (χ2n) is 8.97. The van der Waals surface area contributed by atoms with Gasteiger partial charge >= 0.3 is 0 Å². The molecule has 0 aromatic heterocycles. The Morgan fingerprint density at radius 3 is 2.04 bits per heavy atom. The molecule has 0 aromatic rings. The van der Waals surface area contributed by atoms with Crippen molar-refractivity contribution in [1.29, 1.82) is 0 Å². The van der Waals surface area contributed by atoms with Gasteiger partial charge in [-0.15, -0.1) is 0 Å². The minimum Gasteiger partial charge on any atom is -0.379 e. The maximum Gasteiger partial charge on any atom is 0.119 e. The maximum atomic E-state index is 5.59. The Kier molecular flexibility index (Phi) is 7.98. The second-order valence-corrected chi connectivity index (χ2v) is 8.97. The van der Waals surface area contributed by atoms with E-state index in [2.05, 4.69) is 38.0 Å². The minimum absolute atomic E-state index is 0.138. The monoisotopic (exact) mass is 394 g/mol. The molecule has 2 heterocycles. The first-order valence-electron chi connectivity index (χ1n) is 12.0. The van der Waals surface area contributed by atoms with Gasteiger partial charge < -0.3 is 4.74 Å². The number of rotatable bonds is 6. The molecule has 28 heavy (non-hydrogen) atoms. The van der Waals surface area contributed by atoms with Gasteiger partial charge in [0.2, 0.25) is 0 Å². The molecule has 2 saturated heterocycles. The van der Waals surface area contributed by atoms with E-state index in [0.717, 1.165) is 32.8 Å². The van der Waals surface area contributed by atoms with Crippen LogP contribution in [0.25, 0.3) is 0 Å². The molecule has 2 aliphatic heterocycles. The first kappa shape index (κ1) is 21.0. The summed E-state index contributed by atoms with van der Waals surface area (Å²) in [6.45, 7) is 6.79. The van der Waals surface area contributed by atoms with Gasteiger partial charge in [-0.2, -0.15) is 0 Å². The van der Waals surface area contributed by atoms with E-state index < -0.39 is 0 Å². The summed E-state index contributed by atoms with van der Waals surface area (Å²) < 4.78 is 5.59. The Balaban J connectivity index is 1.51. The number of nitrogens with one attached hydrogen (secondary N) is 4. The average molecular weight is 395 g/mol. The van der Waals surface area contributed by atoms with Crippen LogP contribution in [0.1, 0.15) is 71.1 Å². The van der Waals surface area contributed by atoms with E-state index in [9.17, 15) is 0 Å². The van der Waals surface area contributed by atoms with Crippen molar-refractivity contribution < 1.29 is 4.74 Å². The molecule has 4 N–H and O–H groups in total. The summed E-state index contributed by atoms with van der Waals surface area (Å²) in [7, 11) is 0. The van der Waals surface area contributed by atoms with Crippen molar-refractivity contribution >= 4 is 0 Å². The first-order valence-corrected chi connectivity index (χ1v) is 12.0. The highest BCUT2D eigenvalue weighted by atomic mass is 16.5. The third-order valence-electron chi connectivity index (χ3n) is 7.07. The largest absolute Gasteiger partial charge is 0.379 e. The van der Waals surface area contributed by atoms with Crippen molar-refractivity contribution in [3.63, 3.8) is 0 Å². The fourth-order valence-corrected chi connectivity index (χ4v) is 5.63. The zero-order valence-electron chi connectivity index (χ0n) is 17.8. The fourth-order valence-electron chi connectivity index (χ4n) is 5.63. The van der Waals surface area contributed by atoms with E-state index in [4.69, 9.17) is 4.74 Å². The van der Waals surface area contributed by atoms with Gasteiger partial charge in [0.05, 0.1) is 13.2 Å². The van der Waals surface area contributed by atoms with Crippen LogP contribution in [0.5, 0.6) is 0 Å². The predicted molar refractivity (Wildman–Crippen MR) is 112 cm³/mol. The summed E-state index contributed by atoms with van der Waals surface area (Å²) in [6, 6.07) is 1.43. The van der Waals surface area contributed by atoms with Crippen LogP contribution in [0.4, 0.5) is 0 Å². The summed E-state index contributed by atoms with van der Waals surface area (Å²) in [5.41, 5.74) is 0. The molecule has 0 bridgehead atoms. The lowest BCUT2D eigenvalue weighted by atomic mass is 9.88. The summed E-state index contributed by atoms with van der Waals surface area (Å²) in [4.78, 5) is 5.36. The van der Waals surface area contributed by atoms with Gasteiger partial charge in [0.15, 0.2) is 0 Å². The number of hydrogen-bond donors (Lipinski definition) is 4. The molecular weight excluding hydrogens is 352 g/mol. The number of ether oxygens (including phenoxy) is 1. The Bertz CT molecular complexity index is 430. The highest BCUT2D eigenvalue weighted by molar-refractivity contribution is 4.91. The number of hydrogen-bond acceptors (Lipinski definition) is 7. The van der Waals surface area contributed by atoms with Gasteiger partial charge in [-0.1, -0.05) is 45.4 Å². The molecule has 0 aromatic carbocycles. The molecule has 162 valence electrons. The molecule has 4 rings (SSSR count). The lowest BCUT2D eigenvalue weighted by molar-refractivity contribution is -0.0746. The smallest absolute Gasteiger partial charge is 0.119 e. The maximum absolute atomic E-state index is 5.59. The van der Waals surface area contributed by atoms with Crippen LogP contribution in [0, 0.1) is 0 Å². The molecule has 4 fully saturated rings. The van der Waals surface area contributed by atoms with Crippen LogP contribution in [-0.4, -0.2) is 73.6 Å². The Morgan fingerprint density at radius 2 is 1.46 bits per heavy atom. The molecule has 0 radical (unpaired) electrons. The molecule has 3 unspecified atom stereocenters. The van der Waals surface area contributed by atoms with Crippen LogP contribution >= 0.6 is 0 Å². The second kappa shape index (κ2) is 10.7. The van der Waals surface area contributed by atoms with E-state index in [1.54, 1.807) is 0 Å². The summed E-state index contributed by atoms with van der Waals surface area (Å²) in [6.07, 6.45) is 14.4. The molecule has 4 aliphatic rings. The number of nitrogens with zero attached hydrogens (tertiary/aromatic N) is 2. The summed E-state index contributed by atoms with van der Waals surface area (Å²) in [5.74, 6) is 0. The highest BCUT2D eigenvalue weighted by Gasteiger charge is 2.39. The molecule has 7 nitrogen and oxygen atoms in total. The molecular formula is C21H42N6O. The van der Waals surface area contributed by atoms with Crippen molar-refractivity contribution in [2.24, 2.45) is 0 Å². The third kappa shape index (κ3) is 5.25. The van der Waals surface area contributed by atoms with Crippen LogP contribution in [0.2, 0.25) is 0 Å². The van der Waals surface area contributed by atoms with E-state index in [1.807, 2.05) is 0 Å². The quantitative estimate of drug-likeness (QED) is 0.545. The predicted octanol–water partition coefficient (Wildman–Crippen LogP) is 1.53. The Morgan fingerprint density at radius 1 is 0.857 bits per heavy atom. The van der Waals surface area contributed by atoms with Gasteiger partial charge in [-0.05, 0) is 32.2 Å². The SMILES string of the molecule is CCNC1NC(N2CCOCC2)NC(N(C2CCCCC2)C2CCCCC2)N1. The van der Waals surface area contributed by atoms with Crippen molar-refractivity contribution in [2.45, 2.75) is 102 Å². The normalized spacial score (nSPS) is 34.7. The molecule has 0 amide bonds. The van der Waals surface area contributed by atoms with Crippen molar-refractivity contribution in [2.75, 3.05) is 32.8 Å². The first-order chi connectivity index (χ1) is 13.8. The van der Waals surface area contributed by atoms with E-state index >= 15 is 0 Å². The summed E-state index contributed by atoms with van der Waals surface area (Å²) >= 11 is 0. The highest BCUT2D eigenvalue weighted by Crippen LogP contribution is 2.31. The zero-order valence-corrected chi connectivity index (χ0v) is 17.8. The minimum atomic E-state index is 0.138. The number of morpholine rings is 1. The molecule has 3 atom stereocenters. The van der Waals surface area contributed by atoms with Crippen LogP contribution < -0.4 is 21.3 Å². The summed E-state index contributed by atoms with van der Waals surface area (Å²) in [5, 5.41) is 15.1. The van der Waals surface area contributed by atoms with Crippen molar-refractivity contribution in [3.05, 3.63) is 0 Å². The topological polar surface area (TPSA) is 63.8 Å². The third-order valence-corrected chi connectivity index (χ3v) is 7.07. The standard InChI is InChI=1S/C21H42N6O/c1-2-22-19-23-20(26-13-15-28-16-14-26)25-21(24-19)27(17-9-5-3-6-10-17)18-11-7-4-8-12-18/h17-25H,2-16H2,1H3. The zero-order chi connectivity index (χ0) is 19.2. The van der Waals surface area contributed by atoms with Gasteiger partial charge in [0, 0.05) is 25.2 Å². The Hall–Kier alpha value is -0.280. The molecule has 2 aliphatic carbocycles. The van der Waals surface area contributed by atoms with Gasteiger partial charge in [-0.25, -0.2) is 0 Å².